The summed E-state index contributed by atoms with van der Waals surface area (Å²) >= 11 is 6.03. The summed E-state index contributed by atoms with van der Waals surface area (Å²) in [5, 5.41) is -0.0664. The van der Waals surface area contributed by atoms with E-state index in [-0.39, 0.29) is 22.9 Å². The van der Waals surface area contributed by atoms with E-state index in [0.29, 0.717) is 37.7 Å². The third-order valence-corrected chi connectivity index (χ3v) is 5.29. The molecule has 3 rings (SSSR count). The first-order chi connectivity index (χ1) is 15.6. The number of alkyl halides is 3. The van der Waals surface area contributed by atoms with Gasteiger partial charge in [-0.2, -0.15) is 13.2 Å². The van der Waals surface area contributed by atoms with Gasteiger partial charge in [-0.25, -0.2) is 4.98 Å². The van der Waals surface area contributed by atoms with E-state index < -0.39 is 11.7 Å². The monoisotopic (exact) mass is 483 g/mol. The Bertz CT molecular complexity index is 1020. The summed E-state index contributed by atoms with van der Waals surface area (Å²) in [6.45, 7) is 5.46. The third-order valence-electron chi connectivity index (χ3n) is 5.01. The molecule has 1 fully saturated rings. The minimum atomic E-state index is -4.50. The molecule has 0 unspecified atom stereocenters. The summed E-state index contributed by atoms with van der Waals surface area (Å²) in [4.78, 5) is 19.9. The molecule has 0 aliphatic carbocycles. The Morgan fingerprint density at radius 1 is 1.15 bits per heavy atom. The number of pyridine rings is 1. The SMILES string of the molecule is COc1cc(/C=C/C(=O)N2CCN(c3ncc(C(F)(F)F)cc3Cl)CC2)ccc1OC(C)C. The fourth-order valence-electron chi connectivity index (χ4n) is 3.37. The number of anilines is 1. The number of hydrogen-bond donors (Lipinski definition) is 0. The lowest BCUT2D eigenvalue weighted by Gasteiger charge is -2.35. The van der Waals surface area contributed by atoms with E-state index in [1.54, 1.807) is 35.1 Å². The van der Waals surface area contributed by atoms with E-state index in [2.05, 4.69) is 4.98 Å². The zero-order valence-electron chi connectivity index (χ0n) is 18.5. The summed E-state index contributed by atoms with van der Waals surface area (Å²) in [7, 11) is 1.55. The van der Waals surface area contributed by atoms with Crippen LogP contribution in [0.25, 0.3) is 6.08 Å². The van der Waals surface area contributed by atoms with Crippen molar-refractivity contribution >= 4 is 29.4 Å². The minimum Gasteiger partial charge on any atom is -0.493 e. The van der Waals surface area contributed by atoms with Gasteiger partial charge < -0.3 is 19.3 Å². The van der Waals surface area contributed by atoms with Crippen molar-refractivity contribution in [2.75, 3.05) is 38.2 Å². The molecule has 1 saturated heterocycles. The van der Waals surface area contributed by atoms with Crippen molar-refractivity contribution < 1.29 is 27.4 Å². The van der Waals surface area contributed by atoms with Crippen molar-refractivity contribution in [2.45, 2.75) is 26.1 Å². The summed E-state index contributed by atoms with van der Waals surface area (Å²) in [6.07, 6.45) is -0.541. The lowest BCUT2D eigenvalue weighted by molar-refractivity contribution is -0.137. The van der Waals surface area contributed by atoms with Crippen LogP contribution in [-0.2, 0) is 11.0 Å². The number of carbonyl (C=O) groups is 1. The number of amides is 1. The number of piperazine rings is 1. The normalized spacial score (nSPS) is 14.8. The lowest BCUT2D eigenvalue weighted by Crippen LogP contribution is -2.48. The number of aromatic nitrogens is 1. The average Bonchev–Trinajstić information content (AvgIpc) is 2.77. The fourth-order valence-corrected chi connectivity index (χ4v) is 3.65. The van der Waals surface area contributed by atoms with Gasteiger partial charge in [0.15, 0.2) is 11.5 Å². The number of nitrogens with zero attached hydrogens (tertiary/aromatic N) is 3. The summed E-state index contributed by atoms with van der Waals surface area (Å²) < 4.78 is 49.5. The first-order valence-electron chi connectivity index (χ1n) is 10.4. The standard InChI is InChI=1S/C23H25ClF3N3O3/c1-15(2)33-19-6-4-16(12-20(19)32-3)5-7-21(31)29-8-10-30(11-9-29)22-18(24)13-17(14-28-22)23(25,26)27/h4-7,12-15H,8-11H2,1-3H3/b7-5+. The Morgan fingerprint density at radius 2 is 1.85 bits per heavy atom. The predicted octanol–water partition coefficient (Wildman–Crippen LogP) is 4.91. The van der Waals surface area contributed by atoms with Gasteiger partial charge in [-0.05, 0) is 43.7 Å². The van der Waals surface area contributed by atoms with Crippen molar-refractivity contribution in [3.05, 3.63) is 52.7 Å². The van der Waals surface area contributed by atoms with Gasteiger partial charge in [0.1, 0.15) is 5.82 Å². The molecule has 0 saturated carbocycles. The number of rotatable bonds is 6. The average molecular weight is 484 g/mol. The van der Waals surface area contributed by atoms with Crippen molar-refractivity contribution in [1.82, 2.24) is 9.88 Å². The van der Waals surface area contributed by atoms with Crippen LogP contribution < -0.4 is 14.4 Å². The second kappa shape index (κ2) is 10.3. The lowest BCUT2D eigenvalue weighted by atomic mass is 10.1. The van der Waals surface area contributed by atoms with Gasteiger partial charge in [-0.1, -0.05) is 17.7 Å². The molecule has 0 atom stereocenters. The zero-order valence-corrected chi connectivity index (χ0v) is 19.3. The van der Waals surface area contributed by atoms with Crippen LogP contribution in [0.15, 0.2) is 36.5 Å². The molecule has 1 aromatic carbocycles. The van der Waals surface area contributed by atoms with Crippen LogP contribution >= 0.6 is 11.6 Å². The predicted molar refractivity (Wildman–Crippen MR) is 121 cm³/mol. The van der Waals surface area contributed by atoms with Crippen LogP contribution in [-0.4, -0.2) is 55.2 Å². The molecule has 1 amide bonds. The van der Waals surface area contributed by atoms with Crippen molar-refractivity contribution in [3.8, 4) is 11.5 Å². The van der Waals surface area contributed by atoms with Gasteiger partial charge in [0.25, 0.3) is 0 Å². The first-order valence-corrected chi connectivity index (χ1v) is 10.8. The van der Waals surface area contributed by atoms with Gasteiger partial charge in [-0.15, -0.1) is 0 Å². The van der Waals surface area contributed by atoms with Crippen molar-refractivity contribution in [2.24, 2.45) is 0 Å². The van der Waals surface area contributed by atoms with Crippen LogP contribution in [0.3, 0.4) is 0 Å². The second-order valence-corrected chi connectivity index (χ2v) is 8.16. The van der Waals surface area contributed by atoms with Crippen LogP contribution in [0.5, 0.6) is 11.5 Å². The van der Waals surface area contributed by atoms with Gasteiger partial charge in [-0.3, -0.25) is 4.79 Å². The molecule has 0 bridgehead atoms. The van der Waals surface area contributed by atoms with Gasteiger partial charge in [0.2, 0.25) is 5.91 Å². The molecule has 178 valence electrons. The van der Waals surface area contributed by atoms with E-state index in [9.17, 15) is 18.0 Å². The maximum absolute atomic E-state index is 12.8. The Morgan fingerprint density at radius 3 is 2.42 bits per heavy atom. The van der Waals surface area contributed by atoms with E-state index in [4.69, 9.17) is 21.1 Å². The first kappa shape index (κ1) is 24.7. The largest absolute Gasteiger partial charge is 0.493 e. The number of hydrogen-bond acceptors (Lipinski definition) is 5. The highest BCUT2D eigenvalue weighted by Gasteiger charge is 2.32. The zero-order chi connectivity index (χ0) is 24.2. The van der Waals surface area contributed by atoms with Crippen molar-refractivity contribution in [3.63, 3.8) is 0 Å². The molecule has 0 spiro atoms. The second-order valence-electron chi connectivity index (χ2n) is 7.75. The van der Waals surface area contributed by atoms with Crippen LogP contribution in [0, 0.1) is 0 Å². The molecular weight excluding hydrogens is 459 g/mol. The number of benzene rings is 1. The summed E-state index contributed by atoms with van der Waals surface area (Å²) in [5.74, 6) is 1.32. The Balaban J connectivity index is 1.60. The fraction of sp³-hybridized carbons (Fsp3) is 0.391. The van der Waals surface area contributed by atoms with E-state index in [1.165, 1.54) is 6.08 Å². The highest BCUT2D eigenvalue weighted by molar-refractivity contribution is 6.33. The van der Waals surface area contributed by atoms with Crippen LogP contribution in [0.1, 0.15) is 25.0 Å². The Labute approximate surface area is 195 Å². The van der Waals surface area contributed by atoms with Crippen molar-refractivity contribution in [1.29, 1.82) is 0 Å². The number of methoxy groups -OCH3 is 1. The van der Waals surface area contributed by atoms with Gasteiger partial charge in [0, 0.05) is 38.5 Å². The molecule has 0 N–H and O–H groups in total. The minimum absolute atomic E-state index is 0.00759. The van der Waals surface area contributed by atoms with Gasteiger partial charge in [0.05, 0.1) is 23.8 Å². The molecule has 1 aliphatic heterocycles. The molecule has 0 radical (unpaired) electrons. The molecule has 1 aliphatic rings. The van der Waals surface area contributed by atoms with Crippen LogP contribution in [0.4, 0.5) is 19.0 Å². The highest BCUT2D eigenvalue weighted by atomic mass is 35.5. The quantitative estimate of drug-likeness (QED) is 0.546. The van der Waals surface area contributed by atoms with E-state index in [0.717, 1.165) is 17.8 Å². The Hall–Kier alpha value is -2.94. The number of ether oxygens (including phenoxy) is 2. The summed E-state index contributed by atoms with van der Waals surface area (Å²) in [5.41, 5.74) is -0.105. The Kier molecular flexibility index (Phi) is 7.73. The van der Waals surface area contributed by atoms with Gasteiger partial charge >= 0.3 is 6.18 Å². The number of carbonyl (C=O) groups excluding carboxylic acids is 1. The smallest absolute Gasteiger partial charge is 0.417 e. The molecular formula is C23H25ClF3N3O3. The maximum Gasteiger partial charge on any atom is 0.417 e. The molecule has 1 aromatic heterocycles. The molecule has 2 aromatic rings. The molecule has 2 heterocycles. The van der Waals surface area contributed by atoms with Crippen LogP contribution in [0.2, 0.25) is 5.02 Å². The molecule has 33 heavy (non-hydrogen) atoms. The summed E-state index contributed by atoms with van der Waals surface area (Å²) in [6, 6.07) is 6.29. The third kappa shape index (κ3) is 6.31. The van der Waals surface area contributed by atoms with E-state index >= 15 is 0 Å². The van der Waals surface area contributed by atoms with E-state index in [1.807, 2.05) is 19.9 Å². The molecule has 6 nitrogen and oxygen atoms in total. The topological polar surface area (TPSA) is 54.9 Å². The maximum atomic E-state index is 12.8. The number of halogens is 4. The highest BCUT2D eigenvalue weighted by Crippen LogP contribution is 2.34. The molecule has 10 heteroatoms.